The zero-order valence-electron chi connectivity index (χ0n) is 16.8. The standard InChI is InChI=1S/C23H28INO3/c1-5-13-28-22-12-11-20(15-21(22)24)23(26)25-16(3)14-18-7-9-19(10-8-18)17(4)27-6-2/h7-12,15-16H,4-6,13-14H2,1-3H3,(H,25,26)/t16-/m1/s1. The average molecular weight is 493 g/mol. The number of carbonyl (C=O) groups is 1. The molecule has 150 valence electrons. The zero-order chi connectivity index (χ0) is 20.5. The largest absolute Gasteiger partial charge is 0.494 e. The number of carbonyl (C=O) groups excluding carboxylic acids is 1. The summed E-state index contributed by atoms with van der Waals surface area (Å²) in [7, 11) is 0. The second-order valence-electron chi connectivity index (χ2n) is 6.63. The smallest absolute Gasteiger partial charge is 0.251 e. The van der Waals surface area contributed by atoms with Crippen LogP contribution in [-0.4, -0.2) is 25.2 Å². The van der Waals surface area contributed by atoms with Gasteiger partial charge in [0.15, 0.2) is 0 Å². The molecule has 2 rings (SSSR count). The van der Waals surface area contributed by atoms with Crippen molar-refractivity contribution in [2.45, 2.75) is 39.7 Å². The molecular formula is C23H28INO3. The van der Waals surface area contributed by atoms with E-state index in [0.29, 0.717) is 24.5 Å². The van der Waals surface area contributed by atoms with Gasteiger partial charge >= 0.3 is 0 Å². The molecule has 1 N–H and O–H groups in total. The molecule has 0 saturated heterocycles. The highest BCUT2D eigenvalue weighted by atomic mass is 127. The second kappa shape index (κ2) is 11.1. The molecule has 1 atom stereocenters. The van der Waals surface area contributed by atoms with Crippen molar-refractivity contribution in [1.29, 1.82) is 0 Å². The van der Waals surface area contributed by atoms with Crippen molar-refractivity contribution >= 4 is 34.3 Å². The van der Waals surface area contributed by atoms with Gasteiger partial charge in [0.25, 0.3) is 5.91 Å². The molecule has 0 unspecified atom stereocenters. The van der Waals surface area contributed by atoms with Crippen LogP contribution < -0.4 is 10.1 Å². The summed E-state index contributed by atoms with van der Waals surface area (Å²) in [6.07, 6.45) is 1.71. The van der Waals surface area contributed by atoms with Crippen LogP contribution in [0.1, 0.15) is 48.7 Å². The fourth-order valence-electron chi connectivity index (χ4n) is 2.77. The quantitative estimate of drug-likeness (QED) is 0.354. The molecule has 0 aliphatic heterocycles. The third-order valence-corrected chi connectivity index (χ3v) is 5.01. The Labute approximate surface area is 181 Å². The van der Waals surface area contributed by atoms with Crippen molar-refractivity contribution in [2.75, 3.05) is 13.2 Å². The molecular weight excluding hydrogens is 465 g/mol. The number of benzene rings is 2. The third-order valence-electron chi connectivity index (χ3n) is 4.17. The molecule has 5 heteroatoms. The lowest BCUT2D eigenvalue weighted by Gasteiger charge is -2.15. The molecule has 0 aliphatic carbocycles. The van der Waals surface area contributed by atoms with E-state index in [-0.39, 0.29) is 11.9 Å². The number of halogens is 1. The van der Waals surface area contributed by atoms with Gasteiger partial charge < -0.3 is 14.8 Å². The van der Waals surface area contributed by atoms with Gasteiger partial charge in [-0.1, -0.05) is 37.8 Å². The highest BCUT2D eigenvalue weighted by Gasteiger charge is 2.13. The molecule has 0 aromatic heterocycles. The Hall–Kier alpha value is -2.02. The van der Waals surface area contributed by atoms with Crippen molar-refractivity contribution in [3.05, 3.63) is 69.3 Å². The molecule has 0 fully saturated rings. The highest BCUT2D eigenvalue weighted by Crippen LogP contribution is 2.22. The van der Waals surface area contributed by atoms with Crippen molar-refractivity contribution in [2.24, 2.45) is 0 Å². The Kier molecular flexibility index (Phi) is 8.83. The molecule has 2 aromatic rings. The van der Waals surface area contributed by atoms with E-state index in [1.165, 1.54) is 0 Å². The van der Waals surface area contributed by atoms with Crippen molar-refractivity contribution in [1.82, 2.24) is 5.32 Å². The van der Waals surface area contributed by atoms with Crippen LogP contribution in [0.15, 0.2) is 49.0 Å². The Morgan fingerprint density at radius 2 is 1.82 bits per heavy atom. The van der Waals surface area contributed by atoms with Crippen LogP contribution in [0.2, 0.25) is 0 Å². The van der Waals surface area contributed by atoms with Crippen molar-refractivity contribution in [3.8, 4) is 5.75 Å². The van der Waals surface area contributed by atoms with Gasteiger partial charge in [-0.25, -0.2) is 0 Å². The molecule has 4 nitrogen and oxygen atoms in total. The first-order chi connectivity index (χ1) is 13.4. The molecule has 0 saturated carbocycles. The van der Waals surface area contributed by atoms with E-state index >= 15 is 0 Å². The normalized spacial score (nSPS) is 11.6. The molecule has 0 heterocycles. The lowest BCUT2D eigenvalue weighted by molar-refractivity contribution is 0.0940. The Morgan fingerprint density at radius 1 is 1.14 bits per heavy atom. The van der Waals surface area contributed by atoms with E-state index < -0.39 is 0 Å². The lowest BCUT2D eigenvalue weighted by Crippen LogP contribution is -2.34. The molecule has 28 heavy (non-hydrogen) atoms. The van der Waals surface area contributed by atoms with E-state index in [0.717, 1.165) is 33.3 Å². The summed E-state index contributed by atoms with van der Waals surface area (Å²) in [4.78, 5) is 12.6. The fourth-order valence-corrected chi connectivity index (χ4v) is 3.44. The van der Waals surface area contributed by atoms with Gasteiger partial charge in [0.2, 0.25) is 0 Å². The molecule has 0 aliphatic rings. The molecule has 2 aromatic carbocycles. The summed E-state index contributed by atoms with van der Waals surface area (Å²) in [6, 6.07) is 13.6. The van der Waals surface area contributed by atoms with Gasteiger partial charge in [0, 0.05) is 17.2 Å². The van der Waals surface area contributed by atoms with Crippen molar-refractivity contribution < 1.29 is 14.3 Å². The van der Waals surface area contributed by atoms with Gasteiger partial charge in [0.05, 0.1) is 16.8 Å². The summed E-state index contributed by atoms with van der Waals surface area (Å²) in [5.41, 5.74) is 2.77. The average Bonchev–Trinajstić information content (AvgIpc) is 2.67. The molecule has 1 amide bonds. The van der Waals surface area contributed by atoms with Gasteiger partial charge in [-0.2, -0.15) is 0 Å². The van der Waals surface area contributed by atoms with E-state index in [9.17, 15) is 4.79 Å². The summed E-state index contributed by atoms with van der Waals surface area (Å²) < 4.78 is 12.0. The summed E-state index contributed by atoms with van der Waals surface area (Å²) in [6.45, 7) is 11.2. The number of hydrogen-bond acceptors (Lipinski definition) is 3. The van der Waals surface area contributed by atoms with Crippen LogP contribution in [0.25, 0.3) is 5.76 Å². The van der Waals surface area contributed by atoms with Crippen LogP contribution in [0.5, 0.6) is 5.75 Å². The minimum absolute atomic E-state index is 0.0159. The van der Waals surface area contributed by atoms with E-state index in [1.54, 1.807) is 0 Å². The molecule has 0 radical (unpaired) electrons. The first-order valence-corrected chi connectivity index (χ1v) is 10.7. The summed E-state index contributed by atoms with van der Waals surface area (Å²) in [5, 5.41) is 3.07. The molecule has 0 bridgehead atoms. The lowest BCUT2D eigenvalue weighted by atomic mass is 10.0. The number of hydrogen-bond donors (Lipinski definition) is 1. The predicted octanol–water partition coefficient (Wildman–Crippen LogP) is 5.45. The summed E-state index contributed by atoms with van der Waals surface area (Å²) in [5.74, 6) is 1.42. The SMILES string of the molecule is C=C(OCC)c1ccc(C[C@@H](C)NC(=O)c2ccc(OCCC)c(I)c2)cc1. The number of rotatable bonds is 10. The minimum Gasteiger partial charge on any atom is -0.494 e. The van der Waals surface area contributed by atoms with Crippen molar-refractivity contribution in [3.63, 3.8) is 0 Å². The maximum atomic E-state index is 12.6. The zero-order valence-corrected chi connectivity index (χ0v) is 18.9. The maximum Gasteiger partial charge on any atom is 0.251 e. The third kappa shape index (κ3) is 6.55. The van der Waals surface area contributed by atoms with Crippen LogP contribution in [0, 0.1) is 3.57 Å². The fraction of sp³-hybridized carbons (Fsp3) is 0.348. The first kappa shape index (κ1) is 22.3. The highest BCUT2D eigenvalue weighted by molar-refractivity contribution is 14.1. The second-order valence-corrected chi connectivity index (χ2v) is 7.79. The van der Waals surface area contributed by atoms with E-state index in [1.807, 2.05) is 56.3 Å². The Bertz CT molecular complexity index is 802. The van der Waals surface area contributed by atoms with Gasteiger partial charge in [-0.05, 0) is 73.0 Å². The maximum absolute atomic E-state index is 12.6. The Balaban J connectivity index is 1.93. The number of amides is 1. The van der Waals surface area contributed by atoms with Gasteiger partial charge in [-0.3, -0.25) is 4.79 Å². The van der Waals surface area contributed by atoms with Gasteiger partial charge in [0.1, 0.15) is 11.5 Å². The number of ether oxygens (including phenoxy) is 2. The Morgan fingerprint density at radius 3 is 2.43 bits per heavy atom. The predicted molar refractivity (Wildman–Crippen MR) is 123 cm³/mol. The van der Waals surface area contributed by atoms with Crippen LogP contribution in [-0.2, 0) is 11.2 Å². The topological polar surface area (TPSA) is 47.6 Å². The first-order valence-electron chi connectivity index (χ1n) is 9.58. The van der Waals surface area contributed by atoms with Crippen LogP contribution in [0.4, 0.5) is 0 Å². The van der Waals surface area contributed by atoms with Gasteiger partial charge in [-0.15, -0.1) is 0 Å². The number of nitrogens with one attached hydrogen (secondary N) is 1. The molecule has 0 spiro atoms. The van der Waals surface area contributed by atoms with Crippen LogP contribution in [0.3, 0.4) is 0 Å². The van der Waals surface area contributed by atoms with Crippen LogP contribution >= 0.6 is 22.6 Å². The summed E-state index contributed by atoms with van der Waals surface area (Å²) >= 11 is 2.20. The van der Waals surface area contributed by atoms with E-state index in [4.69, 9.17) is 9.47 Å². The minimum atomic E-state index is -0.0752. The van der Waals surface area contributed by atoms with E-state index in [2.05, 4.69) is 41.4 Å². The monoisotopic (exact) mass is 493 g/mol.